The summed E-state index contributed by atoms with van der Waals surface area (Å²) < 4.78 is 5.91. The molecule has 0 saturated carbocycles. The molecule has 1 aromatic heterocycles. The van der Waals surface area contributed by atoms with E-state index in [9.17, 15) is 14.7 Å². The van der Waals surface area contributed by atoms with Crippen molar-refractivity contribution in [3.05, 3.63) is 16.3 Å². The average Bonchev–Trinajstić information content (AvgIpc) is 2.90. The van der Waals surface area contributed by atoms with Crippen molar-refractivity contribution in [1.82, 2.24) is 15.1 Å². The maximum absolute atomic E-state index is 12.0. The first-order valence-corrected chi connectivity index (χ1v) is 9.23. The number of β-lactam (4-membered cyclic amide) rings is 1. The Morgan fingerprint density at radius 2 is 2.32 bits per heavy atom. The zero-order valence-corrected chi connectivity index (χ0v) is 14.3. The number of amides is 1. The second kappa shape index (κ2) is 6.19. The van der Waals surface area contributed by atoms with Gasteiger partial charge in [-0.2, -0.15) is 0 Å². The lowest BCUT2D eigenvalue weighted by Crippen LogP contribution is -2.65. The Balaban J connectivity index is 1.80. The van der Waals surface area contributed by atoms with Crippen molar-refractivity contribution in [2.75, 3.05) is 18.6 Å². The molecule has 0 bridgehead atoms. The number of ether oxygens (including phenoxy) is 1. The number of rotatable bonds is 5. The minimum absolute atomic E-state index is 0.0933. The summed E-state index contributed by atoms with van der Waals surface area (Å²) in [6.45, 7) is 1.87. The number of aromatic nitrogens is 2. The molecule has 22 heavy (non-hydrogen) atoms. The number of aliphatic carboxylic acids is 1. The fourth-order valence-electron chi connectivity index (χ4n) is 2.33. The van der Waals surface area contributed by atoms with Gasteiger partial charge in [0.1, 0.15) is 16.1 Å². The summed E-state index contributed by atoms with van der Waals surface area (Å²) in [5, 5.41) is 18.1. The third-order valence-electron chi connectivity index (χ3n) is 3.33. The summed E-state index contributed by atoms with van der Waals surface area (Å²) in [5.74, 6) is -0.304. The highest BCUT2D eigenvalue weighted by Gasteiger charge is 2.53. The van der Waals surface area contributed by atoms with E-state index in [1.807, 2.05) is 6.92 Å². The van der Waals surface area contributed by atoms with E-state index in [0.29, 0.717) is 11.5 Å². The molecule has 10 heteroatoms. The zero-order chi connectivity index (χ0) is 15.9. The molecule has 1 amide bonds. The van der Waals surface area contributed by atoms with Crippen LogP contribution in [0.5, 0.6) is 0 Å². The molecule has 0 spiro atoms. The van der Waals surface area contributed by atoms with E-state index in [2.05, 4.69) is 10.2 Å². The molecule has 3 heterocycles. The number of carboxylic acid groups (broad SMARTS) is 1. The Morgan fingerprint density at radius 1 is 1.55 bits per heavy atom. The van der Waals surface area contributed by atoms with E-state index < -0.39 is 12.1 Å². The number of carbonyl (C=O) groups excluding carboxylic acids is 1. The van der Waals surface area contributed by atoms with Crippen molar-refractivity contribution >= 4 is 46.7 Å². The van der Waals surface area contributed by atoms with E-state index in [4.69, 9.17) is 4.74 Å². The third-order valence-corrected chi connectivity index (χ3v) is 6.71. The van der Waals surface area contributed by atoms with Crippen molar-refractivity contribution in [1.29, 1.82) is 0 Å². The molecule has 1 fully saturated rings. The van der Waals surface area contributed by atoms with Crippen LogP contribution in [0.4, 0.5) is 0 Å². The first-order chi connectivity index (χ1) is 10.5. The lowest BCUT2D eigenvalue weighted by Gasteiger charge is -2.48. The van der Waals surface area contributed by atoms with Gasteiger partial charge in [-0.15, -0.1) is 22.0 Å². The summed E-state index contributed by atoms with van der Waals surface area (Å²) in [4.78, 5) is 24.9. The van der Waals surface area contributed by atoms with E-state index in [-0.39, 0.29) is 17.0 Å². The quantitative estimate of drug-likeness (QED) is 0.619. The van der Waals surface area contributed by atoms with Crippen LogP contribution >= 0.6 is 34.9 Å². The number of fused-ring (bicyclic) bond motifs is 1. The van der Waals surface area contributed by atoms with Gasteiger partial charge in [-0.05, 0) is 12.5 Å². The predicted octanol–water partition coefficient (Wildman–Crippen LogP) is 1.21. The van der Waals surface area contributed by atoms with Crippen LogP contribution in [0.15, 0.2) is 15.6 Å². The molecule has 0 radical (unpaired) electrons. The highest BCUT2D eigenvalue weighted by atomic mass is 32.2. The van der Waals surface area contributed by atoms with Crippen LogP contribution in [0.25, 0.3) is 0 Å². The van der Waals surface area contributed by atoms with Gasteiger partial charge in [0.15, 0.2) is 10.4 Å². The van der Waals surface area contributed by atoms with Crippen LogP contribution in [-0.2, 0) is 14.3 Å². The van der Waals surface area contributed by atoms with Crippen molar-refractivity contribution in [2.24, 2.45) is 0 Å². The van der Waals surface area contributed by atoms with Crippen LogP contribution in [0.2, 0.25) is 0 Å². The van der Waals surface area contributed by atoms with E-state index in [0.717, 1.165) is 14.9 Å². The largest absolute Gasteiger partial charge is 0.477 e. The molecule has 118 valence electrons. The minimum Gasteiger partial charge on any atom is -0.477 e. The summed E-state index contributed by atoms with van der Waals surface area (Å²) in [7, 11) is 1.47. The number of methoxy groups -OCH3 is 1. The number of carboxylic acids is 1. The van der Waals surface area contributed by atoms with E-state index in [1.165, 1.54) is 46.9 Å². The summed E-state index contributed by atoms with van der Waals surface area (Å²) >= 11 is 4.45. The molecule has 1 N–H and O–H groups in total. The van der Waals surface area contributed by atoms with Gasteiger partial charge in [0.05, 0.1) is 0 Å². The number of thioether (sulfide) groups is 2. The first-order valence-electron chi connectivity index (χ1n) is 6.38. The lowest BCUT2D eigenvalue weighted by atomic mass is 10.1. The zero-order valence-electron chi connectivity index (χ0n) is 11.8. The van der Waals surface area contributed by atoms with Crippen molar-refractivity contribution in [3.63, 3.8) is 0 Å². The molecule has 2 aliphatic heterocycles. The molecule has 0 unspecified atom stereocenters. The Hall–Kier alpha value is -1.10. The summed E-state index contributed by atoms with van der Waals surface area (Å²) in [6, 6.07) is 0. The van der Waals surface area contributed by atoms with Gasteiger partial charge < -0.3 is 9.84 Å². The predicted molar refractivity (Wildman–Crippen MR) is 83.9 cm³/mol. The van der Waals surface area contributed by atoms with Gasteiger partial charge in [0.25, 0.3) is 5.91 Å². The molecule has 0 aromatic carbocycles. The fourth-order valence-corrected chi connectivity index (χ4v) is 5.65. The Labute approximate surface area is 139 Å². The van der Waals surface area contributed by atoms with Crippen LogP contribution < -0.4 is 0 Å². The smallest absolute Gasteiger partial charge is 0.352 e. The average molecular weight is 359 g/mol. The Morgan fingerprint density at radius 3 is 2.91 bits per heavy atom. The highest BCUT2D eigenvalue weighted by Crippen LogP contribution is 2.42. The van der Waals surface area contributed by atoms with Crippen molar-refractivity contribution < 1.29 is 19.4 Å². The number of aryl methyl sites for hydroxylation is 1. The first kappa shape index (κ1) is 15.8. The van der Waals surface area contributed by atoms with Gasteiger partial charge >= 0.3 is 5.97 Å². The molecule has 2 aliphatic rings. The van der Waals surface area contributed by atoms with E-state index in [1.54, 1.807) is 0 Å². The number of nitrogens with zero attached hydrogens (tertiary/aromatic N) is 3. The Kier molecular flexibility index (Phi) is 4.44. The van der Waals surface area contributed by atoms with Crippen LogP contribution in [0.1, 0.15) is 5.01 Å². The molecule has 2 atom stereocenters. The lowest BCUT2D eigenvalue weighted by molar-refractivity contribution is -0.162. The highest BCUT2D eigenvalue weighted by molar-refractivity contribution is 8.01. The van der Waals surface area contributed by atoms with Crippen LogP contribution in [0.3, 0.4) is 0 Å². The maximum atomic E-state index is 12.0. The van der Waals surface area contributed by atoms with Gasteiger partial charge in [-0.1, -0.05) is 23.1 Å². The van der Waals surface area contributed by atoms with Crippen molar-refractivity contribution in [2.45, 2.75) is 22.7 Å². The number of hydrogen-bond acceptors (Lipinski definition) is 8. The SMILES string of the molecule is CO[C@H]1C(=O)N2C(C(=O)O)=C(CSc3nnc(C)s3)CS[C@H]12. The van der Waals surface area contributed by atoms with Gasteiger partial charge in [-0.3, -0.25) is 9.69 Å². The molecular formula is C12H13N3O4S3. The molecule has 3 rings (SSSR count). The normalized spacial score (nSPS) is 24.3. The topological polar surface area (TPSA) is 92.6 Å². The summed E-state index contributed by atoms with van der Waals surface area (Å²) in [5.41, 5.74) is 0.824. The van der Waals surface area contributed by atoms with Crippen LogP contribution in [-0.4, -0.2) is 62.2 Å². The molecule has 1 saturated heterocycles. The molecular weight excluding hydrogens is 346 g/mol. The van der Waals surface area contributed by atoms with Gasteiger partial charge in [0, 0.05) is 18.6 Å². The van der Waals surface area contributed by atoms with Gasteiger partial charge in [0.2, 0.25) is 0 Å². The standard InChI is InChI=1S/C12H13N3O4S3/c1-5-13-14-12(22-5)21-4-6-3-20-10-8(19-2)9(16)15(10)7(6)11(17)18/h8,10H,3-4H2,1-2H3,(H,17,18)/t8-,10+/m0/s1. The monoisotopic (exact) mass is 359 g/mol. The second-order valence-electron chi connectivity index (χ2n) is 4.70. The summed E-state index contributed by atoms with van der Waals surface area (Å²) in [6.07, 6.45) is -0.542. The third kappa shape index (κ3) is 2.64. The maximum Gasteiger partial charge on any atom is 0.352 e. The van der Waals surface area contributed by atoms with E-state index >= 15 is 0 Å². The van der Waals surface area contributed by atoms with Crippen molar-refractivity contribution in [3.8, 4) is 0 Å². The Bertz CT molecular complexity index is 660. The number of hydrogen-bond donors (Lipinski definition) is 1. The number of carbonyl (C=O) groups is 2. The fraction of sp³-hybridized carbons (Fsp3) is 0.500. The molecule has 1 aromatic rings. The molecule has 0 aliphatic carbocycles. The second-order valence-corrected chi connectivity index (χ2v) is 8.21. The van der Waals surface area contributed by atoms with Gasteiger partial charge in [-0.25, -0.2) is 4.79 Å². The minimum atomic E-state index is -1.07. The molecule has 7 nitrogen and oxygen atoms in total. The van der Waals surface area contributed by atoms with Crippen LogP contribution in [0, 0.1) is 6.92 Å².